The van der Waals surface area contributed by atoms with Crippen LogP contribution in [0, 0.1) is 0 Å². The summed E-state index contributed by atoms with van der Waals surface area (Å²) in [6.45, 7) is 6.59. The van der Waals surface area contributed by atoms with Gasteiger partial charge in [0.1, 0.15) is 0 Å². The van der Waals surface area contributed by atoms with E-state index in [-0.39, 0.29) is 0 Å². The number of nitrogens with zero attached hydrogens (tertiary/aromatic N) is 3. The first-order valence-corrected chi connectivity index (χ1v) is 8.67. The number of hydrogen-bond acceptors (Lipinski definition) is 4. The first-order valence-electron chi connectivity index (χ1n) is 7.52. The van der Waals surface area contributed by atoms with E-state index in [9.17, 15) is 0 Å². The van der Waals surface area contributed by atoms with Gasteiger partial charge in [-0.15, -0.1) is 0 Å². The van der Waals surface area contributed by atoms with Gasteiger partial charge in [-0.3, -0.25) is 0 Å². The molecule has 0 aliphatic rings. The lowest BCUT2D eigenvalue weighted by molar-refractivity contribution is 0.603. The molecule has 0 amide bonds. The molecule has 3 nitrogen and oxygen atoms in total. The van der Waals surface area contributed by atoms with Crippen LogP contribution in [0.3, 0.4) is 0 Å². The molecule has 1 aromatic heterocycles. The second-order valence-corrected chi connectivity index (χ2v) is 6.29. The van der Waals surface area contributed by atoms with Crippen LogP contribution in [0.5, 0.6) is 0 Å². The summed E-state index contributed by atoms with van der Waals surface area (Å²) in [6, 6.07) is 0. The molecule has 19 heavy (non-hydrogen) atoms. The maximum Gasteiger partial charge on any atom is 0.238 e. The van der Waals surface area contributed by atoms with Gasteiger partial charge in [-0.05, 0) is 24.4 Å². The number of aromatic nitrogens is 2. The van der Waals surface area contributed by atoms with E-state index >= 15 is 0 Å². The highest BCUT2D eigenvalue weighted by molar-refractivity contribution is 7.10. The van der Waals surface area contributed by atoms with Gasteiger partial charge < -0.3 is 4.90 Å². The average molecular weight is 304 g/mol. The fraction of sp³-hybridized carbons (Fsp3) is 0.857. The van der Waals surface area contributed by atoms with Crippen LogP contribution in [-0.2, 0) is 0 Å². The lowest BCUT2D eigenvalue weighted by atomic mass is 10.2. The molecule has 0 aliphatic carbocycles. The van der Waals surface area contributed by atoms with Crippen LogP contribution in [0.1, 0.15) is 65.2 Å². The van der Waals surface area contributed by atoms with Crippen LogP contribution in [-0.4, -0.2) is 22.4 Å². The Bertz CT molecular complexity index is 318. The predicted molar refractivity (Wildman–Crippen MR) is 85.4 cm³/mol. The molecule has 0 spiro atoms. The zero-order valence-corrected chi connectivity index (χ0v) is 13.8. The van der Waals surface area contributed by atoms with Crippen molar-refractivity contribution in [2.45, 2.75) is 65.2 Å². The molecule has 0 aliphatic heterocycles. The molecular formula is C14H26ClN3S. The van der Waals surface area contributed by atoms with E-state index in [1.165, 1.54) is 62.9 Å². The second-order valence-electron chi connectivity index (χ2n) is 4.96. The Morgan fingerprint density at radius 1 is 0.947 bits per heavy atom. The van der Waals surface area contributed by atoms with E-state index in [2.05, 4.69) is 28.1 Å². The monoisotopic (exact) mass is 303 g/mol. The quantitative estimate of drug-likeness (QED) is 0.529. The fourth-order valence-electron chi connectivity index (χ4n) is 2.10. The summed E-state index contributed by atoms with van der Waals surface area (Å²) in [5, 5.41) is 0. The first-order chi connectivity index (χ1) is 9.27. The van der Waals surface area contributed by atoms with Crippen molar-refractivity contribution in [2.75, 3.05) is 18.0 Å². The zero-order chi connectivity index (χ0) is 13.9. The minimum absolute atomic E-state index is 0.544. The molecule has 0 bridgehead atoms. The summed E-state index contributed by atoms with van der Waals surface area (Å²) in [5.74, 6) is 0.822. The Hall–Kier alpha value is -0.350. The molecule has 0 fully saturated rings. The maximum atomic E-state index is 5.89. The number of anilines is 1. The minimum atomic E-state index is 0.544. The predicted octanol–water partition coefficient (Wildman–Crippen LogP) is 5.16. The number of unbranched alkanes of at least 4 members (excludes halogenated alkanes) is 6. The van der Waals surface area contributed by atoms with Crippen LogP contribution in [0.15, 0.2) is 0 Å². The second kappa shape index (κ2) is 10.4. The summed E-state index contributed by atoms with van der Waals surface area (Å²) < 4.78 is 4.88. The lowest BCUT2D eigenvalue weighted by Gasteiger charge is -2.20. The highest BCUT2D eigenvalue weighted by atomic mass is 35.5. The minimum Gasteiger partial charge on any atom is -0.340 e. The van der Waals surface area contributed by atoms with Gasteiger partial charge in [0.25, 0.3) is 0 Å². The molecule has 1 aromatic rings. The molecule has 0 atom stereocenters. The molecule has 5 heteroatoms. The summed E-state index contributed by atoms with van der Waals surface area (Å²) in [4.78, 5) is 6.61. The van der Waals surface area contributed by atoms with E-state index in [1.54, 1.807) is 0 Å². The van der Waals surface area contributed by atoms with Gasteiger partial charge in [0.15, 0.2) is 0 Å². The maximum absolute atomic E-state index is 5.89. The molecule has 0 radical (unpaired) electrons. The third-order valence-electron chi connectivity index (χ3n) is 3.24. The molecule has 0 saturated heterocycles. The summed E-state index contributed by atoms with van der Waals surface area (Å²) in [5.41, 5.74) is 0. The first kappa shape index (κ1) is 16.7. The number of halogens is 1. The van der Waals surface area contributed by atoms with Crippen molar-refractivity contribution >= 4 is 29.1 Å². The molecule has 0 N–H and O–H groups in total. The Morgan fingerprint density at radius 2 is 1.53 bits per heavy atom. The van der Waals surface area contributed by atoms with Crippen LogP contribution >= 0.6 is 23.1 Å². The Morgan fingerprint density at radius 3 is 1.95 bits per heavy atom. The van der Waals surface area contributed by atoms with Crippen molar-refractivity contribution in [3.8, 4) is 0 Å². The Labute approximate surface area is 126 Å². The van der Waals surface area contributed by atoms with Gasteiger partial charge in [0.05, 0.1) is 0 Å². The fourth-order valence-corrected chi connectivity index (χ4v) is 2.71. The largest absolute Gasteiger partial charge is 0.340 e. The third kappa shape index (κ3) is 7.11. The van der Waals surface area contributed by atoms with Crippen LogP contribution in [0.25, 0.3) is 0 Å². The van der Waals surface area contributed by atoms with E-state index in [0.29, 0.717) is 4.47 Å². The highest BCUT2D eigenvalue weighted by Crippen LogP contribution is 2.19. The number of rotatable bonds is 11. The van der Waals surface area contributed by atoms with E-state index in [1.807, 2.05) is 0 Å². The SMILES string of the molecule is CCCCCCN(CCCCCC)c1nsc(Cl)n1. The summed E-state index contributed by atoms with van der Waals surface area (Å²) >= 11 is 7.17. The Balaban J connectivity index is 2.38. The lowest BCUT2D eigenvalue weighted by Crippen LogP contribution is -2.26. The van der Waals surface area contributed by atoms with Gasteiger partial charge in [-0.25, -0.2) is 0 Å². The van der Waals surface area contributed by atoms with E-state index < -0.39 is 0 Å². The summed E-state index contributed by atoms with van der Waals surface area (Å²) in [6.07, 6.45) is 10.2. The Kier molecular flexibility index (Phi) is 9.18. The van der Waals surface area contributed by atoms with Gasteiger partial charge >= 0.3 is 0 Å². The molecule has 1 rings (SSSR count). The number of hydrogen-bond donors (Lipinski definition) is 0. The zero-order valence-electron chi connectivity index (χ0n) is 12.2. The normalized spacial score (nSPS) is 10.9. The van der Waals surface area contributed by atoms with Crippen molar-refractivity contribution in [1.82, 2.24) is 9.36 Å². The standard InChI is InChI=1S/C14H26ClN3S/c1-3-5-7-9-11-18(12-10-8-6-4-2)14-16-13(15)19-17-14/h3-12H2,1-2H3. The van der Waals surface area contributed by atoms with Crippen molar-refractivity contribution in [3.05, 3.63) is 4.47 Å². The van der Waals surface area contributed by atoms with Crippen molar-refractivity contribution in [2.24, 2.45) is 0 Å². The van der Waals surface area contributed by atoms with Crippen LogP contribution < -0.4 is 4.90 Å². The molecule has 1 heterocycles. The van der Waals surface area contributed by atoms with E-state index in [4.69, 9.17) is 11.6 Å². The molecule has 110 valence electrons. The van der Waals surface area contributed by atoms with Crippen molar-refractivity contribution < 1.29 is 0 Å². The molecule has 0 aromatic carbocycles. The molecule has 0 saturated carbocycles. The van der Waals surface area contributed by atoms with Gasteiger partial charge in [-0.1, -0.05) is 52.4 Å². The van der Waals surface area contributed by atoms with Gasteiger partial charge in [0, 0.05) is 24.6 Å². The van der Waals surface area contributed by atoms with E-state index in [0.717, 1.165) is 19.0 Å². The molecule has 0 unspecified atom stereocenters. The topological polar surface area (TPSA) is 29.0 Å². The smallest absolute Gasteiger partial charge is 0.238 e. The van der Waals surface area contributed by atoms with Gasteiger partial charge in [-0.2, -0.15) is 9.36 Å². The van der Waals surface area contributed by atoms with Crippen LogP contribution in [0.2, 0.25) is 4.47 Å². The van der Waals surface area contributed by atoms with Crippen molar-refractivity contribution in [1.29, 1.82) is 0 Å². The molecular weight excluding hydrogens is 278 g/mol. The summed E-state index contributed by atoms with van der Waals surface area (Å²) in [7, 11) is 0. The highest BCUT2D eigenvalue weighted by Gasteiger charge is 2.11. The average Bonchev–Trinajstić information content (AvgIpc) is 2.83. The van der Waals surface area contributed by atoms with Gasteiger partial charge in [0.2, 0.25) is 10.4 Å². The third-order valence-corrected chi connectivity index (χ3v) is 4.02. The van der Waals surface area contributed by atoms with Crippen molar-refractivity contribution in [3.63, 3.8) is 0 Å². The van der Waals surface area contributed by atoms with Crippen LogP contribution in [0.4, 0.5) is 5.95 Å².